The Morgan fingerprint density at radius 1 is 1.11 bits per heavy atom. The van der Waals surface area contributed by atoms with E-state index in [0.29, 0.717) is 12.6 Å². The first-order valence-corrected chi connectivity index (χ1v) is 9.80. The summed E-state index contributed by atoms with van der Waals surface area (Å²) < 4.78 is 53.2. The standard InChI is InChI=1S/C18H21F2N3O3S/c1-3-21-12(2)11-22-18(24)13-5-4-6-14(9-13)23-27(25,26)15-7-8-16(19)17(20)10-15/h4-10,12,21,23H,3,11H2,1-2H3,(H,22,24)/t12-/m1/s1. The van der Waals surface area contributed by atoms with Crippen LogP contribution in [0, 0.1) is 11.6 Å². The number of benzene rings is 2. The quantitative estimate of drug-likeness (QED) is 0.639. The largest absolute Gasteiger partial charge is 0.350 e. The Labute approximate surface area is 157 Å². The second-order valence-corrected chi connectivity index (χ2v) is 7.61. The summed E-state index contributed by atoms with van der Waals surface area (Å²) in [5.74, 6) is -2.76. The Kier molecular flexibility index (Phi) is 6.86. The van der Waals surface area contributed by atoms with E-state index in [1.54, 1.807) is 6.07 Å². The van der Waals surface area contributed by atoms with Gasteiger partial charge in [0.2, 0.25) is 0 Å². The first-order valence-electron chi connectivity index (χ1n) is 8.32. The zero-order valence-electron chi connectivity index (χ0n) is 14.9. The third-order valence-electron chi connectivity index (χ3n) is 3.70. The average Bonchev–Trinajstić information content (AvgIpc) is 2.62. The predicted molar refractivity (Wildman–Crippen MR) is 99.1 cm³/mol. The van der Waals surface area contributed by atoms with E-state index in [4.69, 9.17) is 0 Å². The van der Waals surface area contributed by atoms with Crippen LogP contribution in [0.3, 0.4) is 0 Å². The molecule has 27 heavy (non-hydrogen) atoms. The number of carbonyl (C=O) groups is 1. The highest BCUT2D eigenvalue weighted by Crippen LogP contribution is 2.19. The summed E-state index contributed by atoms with van der Waals surface area (Å²) in [7, 11) is -4.13. The summed E-state index contributed by atoms with van der Waals surface area (Å²) in [5.41, 5.74) is 0.399. The zero-order chi connectivity index (χ0) is 20.0. The van der Waals surface area contributed by atoms with E-state index in [2.05, 4.69) is 15.4 Å². The molecule has 0 saturated heterocycles. The van der Waals surface area contributed by atoms with Crippen LogP contribution in [0.15, 0.2) is 47.4 Å². The van der Waals surface area contributed by atoms with Gasteiger partial charge < -0.3 is 10.6 Å². The van der Waals surface area contributed by atoms with Gasteiger partial charge in [0, 0.05) is 23.8 Å². The van der Waals surface area contributed by atoms with Crippen molar-refractivity contribution in [3.63, 3.8) is 0 Å². The molecule has 6 nitrogen and oxygen atoms in total. The van der Waals surface area contributed by atoms with Gasteiger partial charge in [0.25, 0.3) is 15.9 Å². The van der Waals surface area contributed by atoms with Gasteiger partial charge in [0.15, 0.2) is 11.6 Å². The number of halogens is 2. The van der Waals surface area contributed by atoms with Crippen molar-refractivity contribution in [3.05, 3.63) is 59.7 Å². The van der Waals surface area contributed by atoms with Crippen LogP contribution in [-0.2, 0) is 10.0 Å². The van der Waals surface area contributed by atoms with E-state index in [-0.39, 0.29) is 23.2 Å². The van der Waals surface area contributed by atoms with E-state index < -0.39 is 26.6 Å². The normalized spacial score (nSPS) is 12.4. The first kappa shape index (κ1) is 20.8. The first-order chi connectivity index (χ1) is 12.7. The Balaban J connectivity index is 2.12. The Morgan fingerprint density at radius 3 is 2.52 bits per heavy atom. The summed E-state index contributed by atoms with van der Waals surface area (Å²) in [6.45, 7) is 5.08. The number of sulfonamides is 1. The van der Waals surface area contributed by atoms with E-state index in [1.807, 2.05) is 13.8 Å². The van der Waals surface area contributed by atoms with Crippen molar-refractivity contribution in [2.24, 2.45) is 0 Å². The van der Waals surface area contributed by atoms with E-state index >= 15 is 0 Å². The number of carbonyl (C=O) groups excluding carboxylic acids is 1. The molecular weight excluding hydrogens is 376 g/mol. The third kappa shape index (κ3) is 5.73. The lowest BCUT2D eigenvalue weighted by Crippen LogP contribution is -2.38. The number of amides is 1. The molecule has 2 aromatic carbocycles. The second-order valence-electron chi connectivity index (χ2n) is 5.93. The molecule has 146 valence electrons. The van der Waals surface area contributed by atoms with Gasteiger partial charge in [-0.3, -0.25) is 9.52 Å². The van der Waals surface area contributed by atoms with Gasteiger partial charge in [-0.05, 0) is 49.9 Å². The minimum Gasteiger partial charge on any atom is -0.350 e. The van der Waals surface area contributed by atoms with Crippen LogP contribution in [0.4, 0.5) is 14.5 Å². The second kappa shape index (κ2) is 8.92. The van der Waals surface area contributed by atoms with Gasteiger partial charge in [0.05, 0.1) is 4.90 Å². The number of hydrogen-bond donors (Lipinski definition) is 3. The average molecular weight is 397 g/mol. The molecule has 0 heterocycles. The highest BCUT2D eigenvalue weighted by Gasteiger charge is 2.17. The number of rotatable bonds is 8. The summed E-state index contributed by atoms with van der Waals surface area (Å²) in [6, 6.07) is 8.26. The van der Waals surface area contributed by atoms with Crippen molar-refractivity contribution in [3.8, 4) is 0 Å². The zero-order valence-corrected chi connectivity index (χ0v) is 15.7. The highest BCUT2D eigenvalue weighted by atomic mass is 32.2. The maximum atomic E-state index is 13.3. The minimum absolute atomic E-state index is 0.0917. The minimum atomic E-state index is -4.13. The van der Waals surface area contributed by atoms with Crippen LogP contribution in [0.1, 0.15) is 24.2 Å². The summed E-state index contributed by atoms with van der Waals surface area (Å²) in [6.07, 6.45) is 0. The van der Waals surface area contributed by atoms with E-state index in [0.717, 1.165) is 18.7 Å². The predicted octanol–water partition coefficient (Wildman–Crippen LogP) is 2.49. The molecule has 1 atom stereocenters. The SMILES string of the molecule is CCN[C@H](C)CNC(=O)c1cccc(NS(=O)(=O)c2ccc(F)c(F)c2)c1. The summed E-state index contributed by atoms with van der Waals surface area (Å²) in [4.78, 5) is 11.8. The van der Waals surface area contributed by atoms with Crippen LogP contribution < -0.4 is 15.4 Å². The fraction of sp³-hybridized carbons (Fsp3) is 0.278. The lowest BCUT2D eigenvalue weighted by Gasteiger charge is -2.14. The maximum absolute atomic E-state index is 13.3. The Morgan fingerprint density at radius 2 is 1.85 bits per heavy atom. The van der Waals surface area contributed by atoms with Crippen LogP contribution in [-0.4, -0.2) is 33.5 Å². The molecule has 2 rings (SSSR count). The monoisotopic (exact) mass is 397 g/mol. The lowest BCUT2D eigenvalue weighted by atomic mass is 10.2. The molecule has 2 aromatic rings. The van der Waals surface area contributed by atoms with Gasteiger partial charge in [-0.25, -0.2) is 17.2 Å². The van der Waals surface area contributed by atoms with Gasteiger partial charge in [-0.1, -0.05) is 13.0 Å². The van der Waals surface area contributed by atoms with Crippen molar-refractivity contribution in [2.45, 2.75) is 24.8 Å². The maximum Gasteiger partial charge on any atom is 0.261 e. The lowest BCUT2D eigenvalue weighted by molar-refractivity contribution is 0.0950. The fourth-order valence-corrected chi connectivity index (χ4v) is 3.41. The molecule has 0 fully saturated rings. The molecule has 0 saturated carbocycles. The Hall–Kier alpha value is -2.52. The highest BCUT2D eigenvalue weighted by molar-refractivity contribution is 7.92. The van der Waals surface area contributed by atoms with Crippen LogP contribution in [0.25, 0.3) is 0 Å². The van der Waals surface area contributed by atoms with E-state index in [9.17, 15) is 22.0 Å². The molecule has 9 heteroatoms. The molecule has 1 amide bonds. The molecule has 3 N–H and O–H groups in total. The van der Waals surface area contributed by atoms with Crippen LogP contribution in [0.5, 0.6) is 0 Å². The van der Waals surface area contributed by atoms with Crippen LogP contribution >= 0.6 is 0 Å². The topological polar surface area (TPSA) is 87.3 Å². The molecule has 0 aliphatic heterocycles. The number of anilines is 1. The van der Waals surface area contributed by atoms with Crippen molar-refractivity contribution in [1.82, 2.24) is 10.6 Å². The smallest absolute Gasteiger partial charge is 0.261 e. The molecule has 0 aromatic heterocycles. The molecular formula is C18H21F2N3O3S. The summed E-state index contributed by atoms with van der Waals surface area (Å²) in [5, 5.41) is 5.91. The molecule has 0 aliphatic rings. The van der Waals surface area contributed by atoms with E-state index in [1.165, 1.54) is 18.2 Å². The third-order valence-corrected chi connectivity index (χ3v) is 5.08. The number of likely N-dealkylation sites (N-methyl/N-ethyl adjacent to an activating group) is 1. The van der Waals surface area contributed by atoms with Gasteiger partial charge >= 0.3 is 0 Å². The molecule has 0 unspecified atom stereocenters. The number of hydrogen-bond acceptors (Lipinski definition) is 4. The fourth-order valence-electron chi connectivity index (χ4n) is 2.35. The summed E-state index contributed by atoms with van der Waals surface area (Å²) >= 11 is 0. The molecule has 0 radical (unpaired) electrons. The van der Waals surface area contributed by atoms with Gasteiger partial charge in [-0.2, -0.15) is 0 Å². The van der Waals surface area contributed by atoms with Crippen molar-refractivity contribution in [2.75, 3.05) is 17.8 Å². The number of nitrogens with one attached hydrogen (secondary N) is 3. The van der Waals surface area contributed by atoms with Gasteiger partial charge in [0.1, 0.15) is 0 Å². The van der Waals surface area contributed by atoms with Crippen LogP contribution in [0.2, 0.25) is 0 Å². The van der Waals surface area contributed by atoms with Crippen molar-refractivity contribution < 1.29 is 22.0 Å². The van der Waals surface area contributed by atoms with Crippen molar-refractivity contribution in [1.29, 1.82) is 0 Å². The molecule has 0 aliphatic carbocycles. The molecule has 0 spiro atoms. The Bertz CT molecular complexity index is 920. The van der Waals surface area contributed by atoms with Crippen molar-refractivity contribution >= 4 is 21.6 Å². The molecule has 0 bridgehead atoms. The van der Waals surface area contributed by atoms with Gasteiger partial charge in [-0.15, -0.1) is 0 Å².